The van der Waals surface area contributed by atoms with Crippen molar-refractivity contribution in [2.75, 3.05) is 16.8 Å². The lowest BCUT2D eigenvalue weighted by Gasteiger charge is -2.18. The Labute approximate surface area is 164 Å². The number of halogens is 1. The Morgan fingerprint density at radius 3 is 2.78 bits per heavy atom. The topological polar surface area (TPSA) is 80.1 Å². The highest BCUT2D eigenvalue weighted by Crippen LogP contribution is 2.31. The van der Waals surface area contributed by atoms with Crippen LogP contribution in [0.2, 0.25) is 0 Å². The van der Waals surface area contributed by atoms with Crippen molar-refractivity contribution in [2.45, 2.75) is 6.42 Å². The Balaban J connectivity index is 1.43. The van der Waals surface area contributed by atoms with Crippen LogP contribution in [0.4, 0.5) is 11.4 Å². The molecule has 0 radical (unpaired) electrons. The van der Waals surface area contributed by atoms with Crippen LogP contribution >= 0.6 is 15.9 Å². The van der Waals surface area contributed by atoms with Gasteiger partial charge in [0, 0.05) is 29.8 Å². The van der Waals surface area contributed by atoms with Gasteiger partial charge >= 0.3 is 0 Å². The smallest absolute Gasteiger partial charge is 0.229 e. The molecule has 3 aromatic rings. The number of hydrogen-bond acceptors (Lipinski definition) is 4. The van der Waals surface area contributed by atoms with Crippen LogP contribution in [-0.4, -0.2) is 32.9 Å². The van der Waals surface area contributed by atoms with Gasteiger partial charge in [0.15, 0.2) is 0 Å². The van der Waals surface area contributed by atoms with Gasteiger partial charge in [-0.15, -0.1) is 0 Å². The van der Waals surface area contributed by atoms with E-state index in [0.717, 1.165) is 10.2 Å². The summed E-state index contributed by atoms with van der Waals surface area (Å²) < 4.78 is 2.61. The number of anilines is 2. The molecular weight excluding hydrogens is 410 g/mol. The van der Waals surface area contributed by atoms with E-state index in [4.69, 9.17) is 0 Å². The third-order valence-electron chi connectivity index (χ3n) is 4.42. The van der Waals surface area contributed by atoms with Crippen molar-refractivity contribution in [3.05, 3.63) is 65.8 Å². The molecule has 7 nitrogen and oxygen atoms in total. The van der Waals surface area contributed by atoms with Gasteiger partial charge in [0.05, 0.1) is 23.5 Å². The van der Waals surface area contributed by atoms with E-state index in [9.17, 15) is 9.59 Å². The zero-order valence-corrected chi connectivity index (χ0v) is 15.8. The Hall–Kier alpha value is -3.00. The van der Waals surface area contributed by atoms with Gasteiger partial charge in [0.1, 0.15) is 12.1 Å². The number of aromatic nitrogens is 3. The molecule has 4 rings (SSSR count). The summed E-state index contributed by atoms with van der Waals surface area (Å²) in [5.41, 5.74) is 1.37. The first kappa shape index (κ1) is 17.4. The van der Waals surface area contributed by atoms with Gasteiger partial charge in [-0.1, -0.05) is 12.1 Å². The van der Waals surface area contributed by atoms with Crippen LogP contribution in [0.25, 0.3) is 5.82 Å². The van der Waals surface area contributed by atoms with E-state index in [0.29, 0.717) is 18.1 Å². The summed E-state index contributed by atoms with van der Waals surface area (Å²) in [5, 5.41) is 2.85. The number of rotatable bonds is 4. The SMILES string of the molecule is O=C(Nc1ccc(-n2ccnc2)nc1)[C@H]1CC(=O)N(c2ccccc2Br)C1. The molecule has 0 unspecified atom stereocenters. The summed E-state index contributed by atoms with van der Waals surface area (Å²) in [7, 11) is 0. The first-order valence-corrected chi connectivity index (χ1v) is 9.21. The minimum absolute atomic E-state index is 0.0596. The van der Waals surface area contributed by atoms with Crippen molar-refractivity contribution >= 4 is 39.1 Å². The fourth-order valence-electron chi connectivity index (χ4n) is 3.04. The lowest BCUT2D eigenvalue weighted by Crippen LogP contribution is -2.28. The van der Waals surface area contributed by atoms with E-state index in [1.54, 1.807) is 46.5 Å². The summed E-state index contributed by atoms with van der Waals surface area (Å²) in [4.78, 5) is 34.9. The third kappa shape index (κ3) is 3.61. The van der Waals surface area contributed by atoms with Crippen LogP contribution in [0.15, 0.2) is 65.8 Å². The number of para-hydroxylation sites is 1. The average molecular weight is 426 g/mol. The van der Waals surface area contributed by atoms with E-state index in [-0.39, 0.29) is 18.2 Å². The van der Waals surface area contributed by atoms with Gasteiger partial charge in [-0.2, -0.15) is 0 Å². The highest BCUT2D eigenvalue weighted by molar-refractivity contribution is 9.10. The number of pyridine rings is 1. The van der Waals surface area contributed by atoms with Crippen molar-refractivity contribution < 1.29 is 9.59 Å². The maximum Gasteiger partial charge on any atom is 0.229 e. The molecule has 0 bridgehead atoms. The number of carbonyl (C=O) groups excluding carboxylic acids is 2. The first-order valence-electron chi connectivity index (χ1n) is 8.42. The Bertz CT molecular complexity index is 972. The molecule has 1 aliphatic heterocycles. The lowest BCUT2D eigenvalue weighted by atomic mass is 10.1. The van der Waals surface area contributed by atoms with Crippen LogP contribution in [0.5, 0.6) is 0 Å². The molecule has 2 amide bonds. The molecule has 2 aromatic heterocycles. The zero-order chi connectivity index (χ0) is 18.8. The molecule has 1 N–H and O–H groups in total. The molecular formula is C19H16BrN5O2. The van der Waals surface area contributed by atoms with Crippen LogP contribution in [0.1, 0.15) is 6.42 Å². The molecule has 8 heteroatoms. The largest absolute Gasteiger partial charge is 0.324 e. The standard InChI is InChI=1S/C19H16BrN5O2/c20-15-3-1-2-4-16(15)25-11-13(9-18(25)26)19(27)23-14-5-6-17(22-10-14)24-8-7-21-12-24/h1-8,10,12-13H,9,11H2,(H,23,27)/t13-/m0/s1. The minimum atomic E-state index is -0.405. The van der Waals surface area contributed by atoms with Crippen molar-refractivity contribution in [1.29, 1.82) is 0 Å². The maximum atomic E-state index is 12.6. The molecule has 0 saturated carbocycles. The average Bonchev–Trinajstić information content (AvgIpc) is 3.33. The van der Waals surface area contributed by atoms with Crippen molar-refractivity contribution in [3.8, 4) is 5.82 Å². The summed E-state index contributed by atoms with van der Waals surface area (Å²) in [6.45, 7) is 0.355. The number of benzene rings is 1. The molecule has 0 spiro atoms. The van der Waals surface area contributed by atoms with Gasteiger partial charge in [-0.05, 0) is 40.2 Å². The molecule has 1 atom stereocenters. The molecule has 1 saturated heterocycles. The van der Waals surface area contributed by atoms with E-state index >= 15 is 0 Å². The van der Waals surface area contributed by atoms with E-state index in [1.807, 2.05) is 24.3 Å². The van der Waals surface area contributed by atoms with Crippen molar-refractivity contribution in [2.24, 2.45) is 5.92 Å². The normalized spacial score (nSPS) is 16.6. The monoisotopic (exact) mass is 425 g/mol. The Kier molecular flexibility index (Phi) is 4.72. The molecule has 1 fully saturated rings. The molecule has 1 aliphatic rings. The number of hydrogen-bond donors (Lipinski definition) is 1. The van der Waals surface area contributed by atoms with Gasteiger partial charge in [0.25, 0.3) is 0 Å². The zero-order valence-electron chi connectivity index (χ0n) is 14.2. The lowest BCUT2D eigenvalue weighted by molar-refractivity contribution is -0.122. The summed E-state index contributed by atoms with van der Waals surface area (Å²) in [6.07, 6.45) is 6.90. The highest BCUT2D eigenvalue weighted by atomic mass is 79.9. The highest BCUT2D eigenvalue weighted by Gasteiger charge is 2.35. The van der Waals surface area contributed by atoms with Crippen molar-refractivity contribution in [1.82, 2.24) is 14.5 Å². The van der Waals surface area contributed by atoms with Crippen LogP contribution < -0.4 is 10.2 Å². The van der Waals surface area contributed by atoms with E-state index in [2.05, 4.69) is 31.2 Å². The molecule has 1 aromatic carbocycles. The minimum Gasteiger partial charge on any atom is -0.324 e. The first-order chi connectivity index (χ1) is 13.1. The van der Waals surface area contributed by atoms with Gasteiger partial charge in [-0.3, -0.25) is 14.2 Å². The van der Waals surface area contributed by atoms with Crippen LogP contribution in [0, 0.1) is 5.92 Å². The fraction of sp³-hybridized carbons (Fsp3) is 0.158. The molecule has 3 heterocycles. The second-order valence-electron chi connectivity index (χ2n) is 6.22. The number of nitrogens with zero attached hydrogens (tertiary/aromatic N) is 4. The Morgan fingerprint density at radius 2 is 2.07 bits per heavy atom. The number of imidazole rings is 1. The predicted molar refractivity (Wildman–Crippen MR) is 105 cm³/mol. The predicted octanol–water partition coefficient (Wildman–Crippen LogP) is 3.02. The van der Waals surface area contributed by atoms with Gasteiger partial charge in [-0.25, -0.2) is 9.97 Å². The quantitative estimate of drug-likeness (QED) is 0.696. The summed E-state index contributed by atoms with van der Waals surface area (Å²) in [5.74, 6) is 0.0605. The molecule has 0 aliphatic carbocycles. The van der Waals surface area contributed by atoms with E-state index in [1.165, 1.54) is 0 Å². The summed E-state index contributed by atoms with van der Waals surface area (Å²) in [6, 6.07) is 11.1. The van der Waals surface area contributed by atoms with Crippen LogP contribution in [-0.2, 0) is 9.59 Å². The third-order valence-corrected chi connectivity index (χ3v) is 5.09. The number of nitrogens with one attached hydrogen (secondary N) is 1. The van der Waals surface area contributed by atoms with Crippen LogP contribution in [0.3, 0.4) is 0 Å². The fourth-order valence-corrected chi connectivity index (χ4v) is 3.54. The van der Waals surface area contributed by atoms with Gasteiger partial charge in [0.2, 0.25) is 11.8 Å². The maximum absolute atomic E-state index is 12.6. The second-order valence-corrected chi connectivity index (χ2v) is 7.08. The molecule has 27 heavy (non-hydrogen) atoms. The van der Waals surface area contributed by atoms with E-state index < -0.39 is 5.92 Å². The second kappa shape index (κ2) is 7.32. The molecule has 136 valence electrons. The summed E-state index contributed by atoms with van der Waals surface area (Å²) >= 11 is 3.46. The van der Waals surface area contributed by atoms with Gasteiger partial charge < -0.3 is 10.2 Å². The van der Waals surface area contributed by atoms with Crippen molar-refractivity contribution in [3.63, 3.8) is 0 Å². The number of amides is 2. The Morgan fingerprint density at radius 1 is 1.22 bits per heavy atom. The number of carbonyl (C=O) groups is 2.